The molecule has 0 radical (unpaired) electrons. The molecule has 6 heteroatoms. The van der Waals surface area contributed by atoms with Crippen LogP contribution in [0.3, 0.4) is 0 Å². The van der Waals surface area contributed by atoms with Crippen LogP contribution in [0.5, 0.6) is 0 Å². The summed E-state index contributed by atoms with van der Waals surface area (Å²) >= 11 is 2.97. The second kappa shape index (κ2) is 7.62. The van der Waals surface area contributed by atoms with Crippen LogP contribution in [0.2, 0.25) is 0 Å². The van der Waals surface area contributed by atoms with Crippen molar-refractivity contribution in [3.63, 3.8) is 0 Å². The molecule has 23 heavy (non-hydrogen) atoms. The molecule has 1 N–H and O–H groups in total. The molecule has 0 spiro atoms. The maximum absolute atomic E-state index is 12.1. The lowest BCUT2D eigenvalue weighted by molar-refractivity contribution is -0.113. The Bertz CT molecular complexity index is 712. The van der Waals surface area contributed by atoms with Gasteiger partial charge in [-0.05, 0) is 23.1 Å². The van der Waals surface area contributed by atoms with E-state index < -0.39 is 0 Å². The molecular weight excluding hydrogens is 326 g/mol. The second-order valence-electron chi connectivity index (χ2n) is 6.12. The molecule has 2 heterocycles. The Balaban J connectivity index is 1.92. The van der Waals surface area contributed by atoms with Crippen LogP contribution in [0.25, 0.3) is 0 Å². The number of thiophene rings is 1. The zero-order chi connectivity index (χ0) is 16.9. The summed E-state index contributed by atoms with van der Waals surface area (Å²) in [5, 5.41) is 12.1. The molecule has 0 fully saturated rings. The van der Waals surface area contributed by atoms with Gasteiger partial charge in [0.2, 0.25) is 5.91 Å². The van der Waals surface area contributed by atoms with Crippen molar-refractivity contribution in [1.29, 1.82) is 5.26 Å². The largest absolute Gasteiger partial charge is 0.323 e. The van der Waals surface area contributed by atoms with Crippen LogP contribution in [0.15, 0.2) is 30.6 Å². The Hall–Kier alpha value is -1.84. The Labute approximate surface area is 144 Å². The van der Waals surface area contributed by atoms with Crippen molar-refractivity contribution >= 4 is 34.7 Å². The average molecular weight is 345 g/mol. The Kier molecular flexibility index (Phi) is 5.80. The van der Waals surface area contributed by atoms with E-state index in [2.05, 4.69) is 37.1 Å². The quantitative estimate of drug-likeness (QED) is 0.882. The van der Waals surface area contributed by atoms with E-state index in [1.165, 1.54) is 23.1 Å². The van der Waals surface area contributed by atoms with Crippen LogP contribution in [-0.2, 0) is 16.0 Å². The molecule has 0 aromatic carbocycles. The summed E-state index contributed by atoms with van der Waals surface area (Å²) in [4.78, 5) is 17.8. The number of nitrogens with zero attached hydrogens (tertiary/aromatic N) is 2. The number of carbonyl (C=O) groups is 1. The molecular formula is C17H19N3OS2. The maximum Gasteiger partial charge on any atom is 0.234 e. The van der Waals surface area contributed by atoms with Gasteiger partial charge in [-0.25, -0.2) is 0 Å². The first-order valence-corrected chi connectivity index (χ1v) is 9.18. The lowest BCUT2D eigenvalue weighted by atomic mass is 9.94. The normalized spacial score (nSPS) is 11.0. The third-order valence-electron chi connectivity index (χ3n) is 3.07. The van der Waals surface area contributed by atoms with Gasteiger partial charge in [0, 0.05) is 23.0 Å². The number of rotatable bonds is 5. The predicted octanol–water partition coefficient (Wildman–Crippen LogP) is 4.18. The number of aromatic nitrogens is 1. The lowest BCUT2D eigenvalue weighted by Crippen LogP contribution is -2.14. The van der Waals surface area contributed by atoms with E-state index in [1.807, 2.05) is 18.2 Å². The Morgan fingerprint density at radius 2 is 2.26 bits per heavy atom. The highest BCUT2D eigenvalue weighted by Crippen LogP contribution is 2.35. The van der Waals surface area contributed by atoms with Crippen LogP contribution < -0.4 is 5.32 Å². The minimum absolute atomic E-state index is 0.0334. The molecule has 2 aromatic rings. The molecule has 2 aromatic heterocycles. The molecule has 0 unspecified atom stereocenters. The van der Waals surface area contributed by atoms with Crippen molar-refractivity contribution in [1.82, 2.24) is 4.98 Å². The zero-order valence-electron chi connectivity index (χ0n) is 13.4. The van der Waals surface area contributed by atoms with Crippen molar-refractivity contribution in [2.24, 2.45) is 0 Å². The van der Waals surface area contributed by atoms with Crippen molar-refractivity contribution < 1.29 is 4.79 Å². The molecule has 0 atom stereocenters. The molecule has 0 saturated heterocycles. The Morgan fingerprint density at radius 3 is 2.87 bits per heavy atom. The van der Waals surface area contributed by atoms with Gasteiger partial charge in [-0.3, -0.25) is 9.78 Å². The monoisotopic (exact) mass is 345 g/mol. The summed E-state index contributed by atoms with van der Waals surface area (Å²) in [7, 11) is 0. The second-order valence-corrected chi connectivity index (χ2v) is 8.16. The van der Waals surface area contributed by atoms with Crippen LogP contribution in [0.4, 0.5) is 5.69 Å². The lowest BCUT2D eigenvalue weighted by Gasteiger charge is -2.15. The third kappa shape index (κ3) is 5.08. The van der Waals surface area contributed by atoms with Gasteiger partial charge in [0.05, 0.1) is 11.4 Å². The molecule has 0 aliphatic rings. The SMILES string of the molecule is CC(C)(C)c1cc(NC(=O)CSCc2cccnc2)c(C#N)s1. The van der Waals surface area contributed by atoms with Gasteiger partial charge < -0.3 is 5.32 Å². The van der Waals surface area contributed by atoms with Gasteiger partial charge in [0.1, 0.15) is 10.9 Å². The summed E-state index contributed by atoms with van der Waals surface area (Å²) in [6.07, 6.45) is 3.53. The zero-order valence-corrected chi connectivity index (χ0v) is 15.1. The van der Waals surface area contributed by atoms with Gasteiger partial charge >= 0.3 is 0 Å². The van der Waals surface area contributed by atoms with Crippen molar-refractivity contribution in [2.45, 2.75) is 31.9 Å². The number of nitriles is 1. The summed E-state index contributed by atoms with van der Waals surface area (Å²) in [5.74, 6) is 0.998. The smallest absolute Gasteiger partial charge is 0.234 e. The number of amides is 1. The van der Waals surface area contributed by atoms with Crippen LogP contribution in [0, 0.1) is 11.3 Å². The Morgan fingerprint density at radius 1 is 1.48 bits per heavy atom. The third-order valence-corrected chi connectivity index (χ3v) is 5.54. The standard InChI is InChI=1S/C17H19N3OS2/c1-17(2,3)15-7-13(14(8-18)23-15)20-16(21)11-22-10-12-5-4-6-19-9-12/h4-7,9H,10-11H2,1-3H3,(H,20,21). The minimum Gasteiger partial charge on any atom is -0.323 e. The van der Waals surface area contributed by atoms with Crippen molar-refractivity contribution in [3.8, 4) is 6.07 Å². The van der Waals surface area contributed by atoms with Crippen LogP contribution in [0.1, 0.15) is 36.1 Å². The number of anilines is 1. The van der Waals surface area contributed by atoms with Crippen LogP contribution >= 0.6 is 23.1 Å². The number of pyridine rings is 1. The maximum atomic E-state index is 12.1. The highest BCUT2D eigenvalue weighted by Gasteiger charge is 2.20. The summed E-state index contributed by atoms with van der Waals surface area (Å²) < 4.78 is 0. The average Bonchev–Trinajstić information content (AvgIpc) is 2.91. The fourth-order valence-corrected chi connectivity index (χ4v) is 3.60. The van der Waals surface area contributed by atoms with Gasteiger partial charge in [0.25, 0.3) is 0 Å². The molecule has 120 valence electrons. The first kappa shape index (κ1) is 17.5. The molecule has 1 amide bonds. The van der Waals surface area contributed by atoms with E-state index in [1.54, 1.807) is 12.4 Å². The predicted molar refractivity (Wildman–Crippen MR) is 96.8 cm³/mol. The fraction of sp³-hybridized carbons (Fsp3) is 0.353. The summed E-state index contributed by atoms with van der Waals surface area (Å²) in [6.45, 7) is 6.28. The summed E-state index contributed by atoms with van der Waals surface area (Å²) in [5.41, 5.74) is 1.68. The molecule has 4 nitrogen and oxygen atoms in total. The number of hydrogen-bond donors (Lipinski definition) is 1. The van der Waals surface area contributed by atoms with E-state index in [0.717, 1.165) is 16.2 Å². The first-order chi connectivity index (χ1) is 10.9. The minimum atomic E-state index is -0.0892. The van der Waals surface area contributed by atoms with Gasteiger partial charge in [-0.15, -0.1) is 23.1 Å². The van der Waals surface area contributed by atoms with Crippen molar-refractivity contribution in [3.05, 3.63) is 45.9 Å². The number of thioether (sulfide) groups is 1. The first-order valence-electron chi connectivity index (χ1n) is 7.21. The van der Waals surface area contributed by atoms with E-state index in [9.17, 15) is 10.1 Å². The topological polar surface area (TPSA) is 65.8 Å². The van der Waals surface area contributed by atoms with Gasteiger partial charge in [-0.2, -0.15) is 5.26 Å². The molecule has 2 rings (SSSR count). The highest BCUT2D eigenvalue weighted by atomic mass is 32.2. The van der Waals surface area contributed by atoms with Gasteiger partial charge in [0.15, 0.2) is 0 Å². The van der Waals surface area contributed by atoms with E-state index in [-0.39, 0.29) is 11.3 Å². The van der Waals surface area contributed by atoms with E-state index in [4.69, 9.17) is 0 Å². The molecule has 0 aliphatic carbocycles. The molecule has 0 aliphatic heterocycles. The number of carbonyl (C=O) groups excluding carboxylic acids is 1. The van der Waals surface area contributed by atoms with Gasteiger partial charge in [-0.1, -0.05) is 26.8 Å². The molecule has 0 saturated carbocycles. The van der Waals surface area contributed by atoms with E-state index >= 15 is 0 Å². The fourth-order valence-electron chi connectivity index (χ4n) is 1.87. The molecule has 0 bridgehead atoms. The van der Waals surface area contributed by atoms with E-state index in [0.29, 0.717) is 16.3 Å². The van der Waals surface area contributed by atoms with Crippen molar-refractivity contribution in [2.75, 3.05) is 11.1 Å². The summed E-state index contributed by atoms with van der Waals surface area (Å²) in [6, 6.07) is 7.94. The van der Waals surface area contributed by atoms with Crippen LogP contribution in [-0.4, -0.2) is 16.6 Å². The highest BCUT2D eigenvalue weighted by molar-refractivity contribution is 7.99. The number of hydrogen-bond acceptors (Lipinski definition) is 5. The number of nitrogens with one attached hydrogen (secondary N) is 1.